The third-order valence-electron chi connectivity index (χ3n) is 5.95. The average Bonchev–Trinajstić information content (AvgIpc) is 3.27. The number of rotatable bonds is 7. The van der Waals surface area contributed by atoms with E-state index in [1.54, 1.807) is 18.5 Å². The molecule has 0 amide bonds. The van der Waals surface area contributed by atoms with Gasteiger partial charge in [0.2, 0.25) is 0 Å². The van der Waals surface area contributed by atoms with Crippen LogP contribution in [0.2, 0.25) is 5.02 Å². The van der Waals surface area contributed by atoms with Gasteiger partial charge in [0.15, 0.2) is 0 Å². The van der Waals surface area contributed by atoms with Gasteiger partial charge >= 0.3 is 5.97 Å². The maximum absolute atomic E-state index is 12.6. The van der Waals surface area contributed by atoms with Gasteiger partial charge in [-0.15, -0.1) is 0 Å². The van der Waals surface area contributed by atoms with E-state index >= 15 is 0 Å². The van der Waals surface area contributed by atoms with Gasteiger partial charge in [-0.05, 0) is 44.8 Å². The predicted molar refractivity (Wildman–Crippen MR) is 120 cm³/mol. The fourth-order valence-corrected chi connectivity index (χ4v) is 4.30. The summed E-state index contributed by atoms with van der Waals surface area (Å²) in [6, 6.07) is 1.55. The highest BCUT2D eigenvalue weighted by molar-refractivity contribution is 6.33. The number of hydrogen-bond donors (Lipinski definition) is 2. The van der Waals surface area contributed by atoms with Crippen LogP contribution in [0, 0.1) is 12.8 Å². The highest BCUT2D eigenvalue weighted by Crippen LogP contribution is 2.39. The number of aromatic nitrogens is 2. The van der Waals surface area contributed by atoms with Crippen LogP contribution in [0.1, 0.15) is 34.5 Å². The predicted octanol–water partition coefficient (Wildman–Crippen LogP) is 2.94. The molecule has 3 N–H and O–H groups in total. The van der Waals surface area contributed by atoms with Crippen molar-refractivity contribution in [2.45, 2.75) is 26.2 Å². The second-order valence-corrected chi connectivity index (χ2v) is 8.43. The molecular weight excluding hydrogens is 418 g/mol. The molecule has 2 aromatic rings. The molecule has 8 nitrogen and oxygen atoms in total. The van der Waals surface area contributed by atoms with E-state index in [9.17, 15) is 4.79 Å². The van der Waals surface area contributed by atoms with Crippen molar-refractivity contribution >= 4 is 29.1 Å². The first-order valence-corrected chi connectivity index (χ1v) is 11.1. The van der Waals surface area contributed by atoms with Gasteiger partial charge < -0.3 is 25.4 Å². The Balaban J connectivity index is 1.21. The van der Waals surface area contributed by atoms with E-state index in [1.165, 1.54) is 0 Å². The Hall–Kier alpha value is -2.58. The van der Waals surface area contributed by atoms with Gasteiger partial charge in [-0.1, -0.05) is 11.6 Å². The number of aryl methyl sites for hydroxylation is 1. The first-order valence-electron chi connectivity index (χ1n) is 10.7. The number of ether oxygens (including phenoxy) is 2. The topological polar surface area (TPSA) is 103 Å². The van der Waals surface area contributed by atoms with Crippen LogP contribution in [-0.2, 0) is 11.2 Å². The minimum absolute atomic E-state index is 0.355. The van der Waals surface area contributed by atoms with Gasteiger partial charge in [-0.25, -0.2) is 9.78 Å². The maximum Gasteiger partial charge on any atom is 0.341 e. The average molecular weight is 446 g/mol. The number of nitrogens with one attached hydrogen (secondary N) is 1. The summed E-state index contributed by atoms with van der Waals surface area (Å²) in [5, 5.41) is 3.71. The van der Waals surface area contributed by atoms with E-state index in [1.807, 2.05) is 6.92 Å². The Bertz CT molecular complexity index is 947. The van der Waals surface area contributed by atoms with Crippen molar-refractivity contribution in [3.63, 3.8) is 0 Å². The Labute approximate surface area is 187 Å². The summed E-state index contributed by atoms with van der Waals surface area (Å²) in [6.07, 6.45) is 6.04. The molecular formula is C22H28ClN5O3. The molecule has 9 heteroatoms. The number of benzene rings is 1. The molecule has 0 radical (unpaired) electrons. The molecule has 0 atom stereocenters. The van der Waals surface area contributed by atoms with E-state index in [4.69, 9.17) is 26.8 Å². The zero-order chi connectivity index (χ0) is 21.8. The second kappa shape index (κ2) is 9.70. The van der Waals surface area contributed by atoms with Crippen LogP contribution in [-0.4, -0.2) is 60.2 Å². The molecule has 0 saturated carbocycles. The van der Waals surface area contributed by atoms with Crippen LogP contribution in [0.5, 0.6) is 5.75 Å². The summed E-state index contributed by atoms with van der Waals surface area (Å²) in [5.74, 6) is 1.31. The third kappa shape index (κ3) is 5.02. The Morgan fingerprint density at radius 1 is 1.35 bits per heavy atom. The van der Waals surface area contributed by atoms with E-state index in [0.717, 1.165) is 56.1 Å². The third-order valence-corrected chi connectivity index (χ3v) is 6.26. The van der Waals surface area contributed by atoms with Crippen molar-refractivity contribution in [2.75, 3.05) is 50.4 Å². The zero-order valence-corrected chi connectivity index (χ0v) is 18.5. The molecule has 3 heterocycles. The lowest BCUT2D eigenvalue weighted by Crippen LogP contribution is -2.38. The molecule has 0 bridgehead atoms. The highest BCUT2D eigenvalue weighted by Gasteiger charge is 2.27. The van der Waals surface area contributed by atoms with Crippen molar-refractivity contribution in [1.29, 1.82) is 0 Å². The summed E-state index contributed by atoms with van der Waals surface area (Å²) < 4.78 is 11.2. The number of hydrogen-bond acceptors (Lipinski definition) is 8. The molecule has 2 aliphatic heterocycles. The molecule has 0 unspecified atom stereocenters. The monoisotopic (exact) mass is 445 g/mol. The molecule has 1 aromatic carbocycles. The van der Waals surface area contributed by atoms with E-state index < -0.39 is 5.97 Å². The smallest absolute Gasteiger partial charge is 0.341 e. The summed E-state index contributed by atoms with van der Waals surface area (Å²) in [6.45, 7) is 6.58. The van der Waals surface area contributed by atoms with Gasteiger partial charge in [0, 0.05) is 37.5 Å². The normalized spacial score (nSPS) is 16.6. The molecule has 2 aliphatic rings. The fraction of sp³-hybridized carbons (Fsp3) is 0.500. The summed E-state index contributed by atoms with van der Waals surface area (Å²) in [7, 11) is 0. The number of carbonyl (C=O) groups excluding carboxylic acids is 1. The van der Waals surface area contributed by atoms with Crippen molar-refractivity contribution in [3.05, 3.63) is 40.3 Å². The number of esters is 1. The lowest BCUT2D eigenvalue weighted by atomic mass is 9.98. The minimum Gasteiger partial charge on any atom is -0.492 e. The van der Waals surface area contributed by atoms with Crippen LogP contribution >= 0.6 is 11.6 Å². The molecule has 0 aliphatic carbocycles. The molecule has 31 heavy (non-hydrogen) atoms. The molecule has 1 aromatic heterocycles. The van der Waals surface area contributed by atoms with Crippen LogP contribution < -0.4 is 15.8 Å². The number of halogens is 1. The standard InChI is InChI=1S/C22H28ClN5O3/c1-14-21(26-6-5-25-14)27-7-10-28-8-2-15(3-9-28)13-31-22(29)17-12-18(23)19(24)16-4-11-30-20(16)17/h5-6,12,15H,2-4,7-11,13,24H2,1H3,(H,26,27). The maximum atomic E-state index is 12.6. The van der Waals surface area contributed by atoms with Crippen LogP contribution in [0.15, 0.2) is 18.5 Å². The Morgan fingerprint density at radius 2 is 2.13 bits per heavy atom. The molecule has 1 fully saturated rings. The van der Waals surface area contributed by atoms with E-state index in [0.29, 0.717) is 47.6 Å². The first kappa shape index (κ1) is 21.6. The number of likely N-dealkylation sites (tertiary alicyclic amines) is 1. The number of fused-ring (bicyclic) bond motifs is 1. The van der Waals surface area contributed by atoms with E-state index in [2.05, 4.69) is 20.2 Å². The van der Waals surface area contributed by atoms with E-state index in [-0.39, 0.29) is 0 Å². The Kier molecular flexibility index (Phi) is 6.77. The number of nitrogens with two attached hydrogens (primary N) is 1. The fourth-order valence-electron chi connectivity index (χ4n) is 4.08. The summed E-state index contributed by atoms with van der Waals surface area (Å²) in [5.41, 5.74) is 8.57. The first-order chi connectivity index (χ1) is 15.0. The van der Waals surface area contributed by atoms with Crippen LogP contribution in [0.3, 0.4) is 0 Å². The quantitative estimate of drug-likeness (QED) is 0.495. The second-order valence-electron chi connectivity index (χ2n) is 8.03. The van der Waals surface area contributed by atoms with Crippen molar-refractivity contribution in [3.8, 4) is 5.75 Å². The van der Waals surface area contributed by atoms with Crippen molar-refractivity contribution in [2.24, 2.45) is 5.92 Å². The lowest BCUT2D eigenvalue weighted by molar-refractivity contribution is 0.0371. The summed E-state index contributed by atoms with van der Waals surface area (Å²) in [4.78, 5) is 23.6. The summed E-state index contributed by atoms with van der Waals surface area (Å²) >= 11 is 6.19. The van der Waals surface area contributed by atoms with Crippen LogP contribution in [0.4, 0.5) is 11.5 Å². The SMILES string of the molecule is Cc1nccnc1NCCN1CCC(COC(=O)c2cc(Cl)c(N)c3c2OCC3)CC1. The number of nitrogens with zero attached hydrogens (tertiary/aromatic N) is 3. The number of piperidine rings is 1. The largest absolute Gasteiger partial charge is 0.492 e. The van der Waals surface area contributed by atoms with Gasteiger partial charge in [-0.2, -0.15) is 0 Å². The number of anilines is 2. The van der Waals surface area contributed by atoms with Gasteiger partial charge in [0.25, 0.3) is 0 Å². The van der Waals surface area contributed by atoms with Gasteiger partial charge in [0.1, 0.15) is 17.1 Å². The Morgan fingerprint density at radius 3 is 2.90 bits per heavy atom. The molecule has 166 valence electrons. The van der Waals surface area contributed by atoms with Crippen molar-refractivity contribution < 1.29 is 14.3 Å². The van der Waals surface area contributed by atoms with Gasteiger partial charge in [-0.3, -0.25) is 4.98 Å². The van der Waals surface area contributed by atoms with Crippen LogP contribution in [0.25, 0.3) is 0 Å². The lowest BCUT2D eigenvalue weighted by Gasteiger charge is -2.31. The number of carbonyl (C=O) groups is 1. The molecule has 4 rings (SSSR count). The highest BCUT2D eigenvalue weighted by atomic mass is 35.5. The minimum atomic E-state index is -0.397. The number of nitrogen functional groups attached to an aromatic ring is 1. The van der Waals surface area contributed by atoms with Crippen molar-refractivity contribution in [1.82, 2.24) is 14.9 Å². The molecule has 0 spiro atoms. The van der Waals surface area contributed by atoms with Gasteiger partial charge in [0.05, 0.1) is 29.6 Å². The zero-order valence-electron chi connectivity index (χ0n) is 17.7. The molecule has 1 saturated heterocycles.